The molecule has 0 spiro atoms. The molecule has 2 rings (SSSR count). The molecule has 0 saturated heterocycles. The van der Waals surface area contributed by atoms with E-state index in [0.29, 0.717) is 6.04 Å². The Balaban J connectivity index is 1.56. The summed E-state index contributed by atoms with van der Waals surface area (Å²) in [5, 5.41) is 10.6. The second kappa shape index (κ2) is 6.47. The minimum absolute atomic E-state index is 0.226. The van der Waals surface area contributed by atoms with Crippen molar-refractivity contribution in [3.8, 4) is 0 Å². The predicted octanol–water partition coefficient (Wildman–Crippen LogP) is 1.84. The minimum atomic E-state index is -0.437. The summed E-state index contributed by atoms with van der Waals surface area (Å²) in [4.78, 5) is 11.6. The Morgan fingerprint density at radius 2 is 2.14 bits per heavy atom. The van der Waals surface area contributed by atoms with E-state index in [1.165, 1.54) is 5.56 Å². The van der Waals surface area contributed by atoms with Gasteiger partial charge in [-0.15, -0.1) is 0 Å². The predicted molar refractivity (Wildman–Crippen MR) is 81.1 cm³/mol. The molecule has 118 valence electrons. The molecule has 6 heteroatoms. The van der Waals surface area contributed by atoms with Gasteiger partial charge < -0.3 is 15.4 Å². The molecule has 0 bridgehead atoms. The molecular weight excluding hydrogens is 268 g/mol. The molecule has 1 saturated carbocycles. The number of hydrogen-bond donors (Lipinski definition) is 2. The van der Waals surface area contributed by atoms with Crippen molar-refractivity contribution in [1.29, 1.82) is 0 Å². The maximum Gasteiger partial charge on any atom is 0.407 e. The van der Waals surface area contributed by atoms with E-state index in [9.17, 15) is 4.79 Å². The van der Waals surface area contributed by atoms with Crippen molar-refractivity contribution in [2.45, 2.75) is 64.8 Å². The van der Waals surface area contributed by atoms with Crippen LogP contribution >= 0.6 is 0 Å². The average molecular weight is 294 g/mol. The Bertz CT molecular complexity index is 472. The quantitative estimate of drug-likeness (QED) is 0.869. The summed E-state index contributed by atoms with van der Waals surface area (Å²) in [5.74, 6) is 0. The molecule has 21 heavy (non-hydrogen) atoms. The summed E-state index contributed by atoms with van der Waals surface area (Å²) in [6.07, 6.45) is 5.49. The second-order valence-electron chi connectivity index (χ2n) is 6.75. The van der Waals surface area contributed by atoms with E-state index in [4.69, 9.17) is 4.74 Å². The van der Waals surface area contributed by atoms with Crippen LogP contribution in [0.2, 0.25) is 0 Å². The van der Waals surface area contributed by atoms with Crippen LogP contribution in [0.4, 0.5) is 4.79 Å². The number of hydrogen-bond acceptors (Lipinski definition) is 4. The molecule has 1 aromatic rings. The van der Waals surface area contributed by atoms with Crippen LogP contribution in [0.5, 0.6) is 0 Å². The van der Waals surface area contributed by atoms with Crippen molar-refractivity contribution < 1.29 is 9.53 Å². The molecule has 6 nitrogen and oxygen atoms in total. The Kier molecular flexibility index (Phi) is 4.88. The molecular formula is C15H26N4O2. The molecule has 1 aliphatic carbocycles. The number of nitrogens with one attached hydrogen (secondary N) is 2. The van der Waals surface area contributed by atoms with E-state index in [1.807, 2.05) is 44.8 Å². The summed E-state index contributed by atoms with van der Waals surface area (Å²) in [6, 6.07) is 0.700. The number of rotatable bonds is 5. The van der Waals surface area contributed by atoms with Crippen molar-refractivity contribution in [1.82, 2.24) is 20.4 Å². The van der Waals surface area contributed by atoms with Crippen LogP contribution in [0.25, 0.3) is 0 Å². The molecule has 0 unspecified atom stereocenters. The van der Waals surface area contributed by atoms with Crippen LogP contribution < -0.4 is 10.6 Å². The molecule has 1 fully saturated rings. The third-order valence-corrected chi connectivity index (χ3v) is 3.40. The molecule has 1 amide bonds. The zero-order valence-corrected chi connectivity index (χ0v) is 13.3. The average Bonchev–Trinajstić information content (AvgIpc) is 2.69. The molecule has 0 atom stereocenters. The fraction of sp³-hybridized carbons (Fsp3) is 0.733. The van der Waals surface area contributed by atoms with E-state index >= 15 is 0 Å². The van der Waals surface area contributed by atoms with Crippen LogP contribution in [0.1, 0.15) is 39.2 Å². The Labute approximate surface area is 126 Å². The van der Waals surface area contributed by atoms with E-state index in [0.717, 1.165) is 25.9 Å². The lowest BCUT2D eigenvalue weighted by molar-refractivity contribution is 0.0465. The smallest absolute Gasteiger partial charge is 0.407 e. The van der Waals surface area contributed by atoms with Gasteiger partial charge in [-0.3, -0.25) is 4.68 Å². The summed E-state index contributed by atoms with van der Waals surface area (Å²) in [6.45, 7) is 9.41. The Hall–Kier alpha value is -1.56. The van der Waals surface area contributed by atoms with Crippen LogP contribution in [0, 0.1) is 6.92 Å². The van der Waals surface area contributed by atoms with Gasteiger partial charge in [0, 0.05) is 24.8 Å². The lowest BCUT2D eigenvalue weighted by Gasteiger charge is -2.36. The van der Waals surface area contributed by atoms with Crippen LogP contribution in [-0.4, -0.2) is 40.1 Å². The SMILES string of the molecule is Cc1cnn(CCNC2CC(NC(=O)OC(C)(C)C)C2)c1. The van der Waals surface area contributed by atoms with E-state index < -0.39 is 5.60 Å². The number of carbonyl (C=O) groups is 1. The number of aromatic nitrogens is 2. The molecule has 1 aliphatic rings. The number of nitrogens with zero attached hydrogens (tertiary/aromatic N) is 2. The Morgan fingerprint density at radius 3 is 2.71 bits per heavy atom. The fourth-order valence-electron chi connectivity index (χ4n) is 2.35. The normalized spacial score (nSPS) is 21.7. The summed E-state index contributed by atoms with van der Waals surface area (Å²) in [7, 11) is 0. The fourth-order valence-corrected chi connectivity index (χ4v) is 2.35. The summed E-state index contributed by atoms with van der Waals surface area (Å²) in [5.41, 5.74) is 0.744. The minimum Gasteiger partial charge on any atom is -0.444 e. The van der Waals surface area contributed by atoms with Crippen molar-refractivity contribution in [3.05, 3.63) is 18.0 Å². The van der Waals surface area contributed by atoms with Gasteiger partial charge in [0.1, 0.15) is 5.60 Å². The van der Waals surface area contributed by atoms with Gasteiger partial charge in [0.15, 0.2) is 0 Å². The van der Waals surface area contributed by atoms with Gasteiger partial charge in [-0.05, 0) is 46.1 Å². The lowest BCUT2D eigenvalue weighted by atomic mass is 9.87. The standard InChI is InChI=1S/C15H26N4O2/c1-11-9-17-19(10-11)6-5-16-12-7-13(8-12)18-14(20)21-15(2,3)4/h9-10,12-13,16H,5-8H2,1-4H3,(H,18,20). The maximum absolute atomic E-state index is 11.6. The van der Waals surface area contributed by atoms with Crippen molar-refractivity contribution in [2.24, 2.45) is 0 Å². The maximum atomic E-state index is 11.6. The number of aryl methyl sites for hydroxylation is 1. The molecule has 2 N–H and O–H groups in total. The van der Waals surface area contributed by atoms with Gasteiger partial charge in [-0.2, -0.15) is 5.10 Å². The van der Waals surface area contributed by atoms with Crippen molar-refractivity contribution in [3.63, 3.8) is 0 Å². The van der Waals surface area contributed by atoms with Gasteiger partial charge in [-0.1, -0.05) is 0 Å². The number of carbonyl (C=O) groups excluding carboxylic acids is 1. The molecule has 1 heterocycles. The third-order valence-electron chi connectivity index (χ3n) is 3.40. The topological polar surface area (TPSA) is 68.2 Å². The molecule has 0 aromatic carbocycles. The van der Waals surface area contributed by atoms with Crippen LogP contribution in [0.3, 0.4) is 0 Å². The second-order valence-corrected chi connectivity index (χ2v) is 6.75. The van der Waals surface area contributed by atoms with Crippen molar-refractivity contribution >= 4 is 6.09 Å². The van der Waals surface area contributed by atoms with Gasteiger partial charge >= 0.3 is 6.09 Å². The first kappa shape index (κ1) is 15.8. The first-order valence-electron chi connectivity index (χ1n) is 7.54. The monoisotopic (exact) mass is 294 g/mol. The first-order chi connectivity index (χ1) is 9.82. The van der Waals surface area contributed by atoms with E-state index in [1.54, 1.807) is 0 Å². The molecule has 0 aliphatic heterocycles. The zero-order chi connectivity index (χ0) is 15.5. The number of alkyl carbamates (subject to hydrolysis) is 1. The zero-order valence-electron chi connectivity index (χ0n) is 13.3. The van der Waals surface area contributed by atoms with Gasteiger partial charge in [0.2, 0.25) is 0 Å². The van der Waals surface area contributed by atoms with Gasteiger partial charge in [0.05, 0.1) is 12.7 Å². The summed E-state index contributed by atoms with van der Waals surface area (Å²) >= 11 is 0. The summed E-state index contributed by atoms with van der Waals surface area (Å²) < 4.78 is 7.18. The van der Waals surface area contributed by atoms with Crippen LogP contribution in [-0.2, 0) is 11.3 Å². The number of amides is 1. The highest BCUT2D eigenvalue weighted by atomic mass is 16.6. The van der Waals surface area contributed by atoms with E-state index in [2.05, 4.69) is 15.7 Å². The highest BCUT2D eigenvalue weighted by molar-refractivity contribution is 5.68. The van der Waals surface area contributed by atoms with Gasteiger partial charge in [-0.25, -0.2) is 4.79 Å². The largest absolute Gasteiger partial charge is 0.444 e. The molecule has 1 aromatic heterocycles. The van der Waals surface area contributed by atoms with Crippen molar-refractivity contribution in [2.75, 3.05) is 6.54 Å². The third kappa shape index (κ3) is 5.38. The van der Waals surface area contributed by atoms with Crippen LogP contribution in [0.15, 0.2) is 12.4 Å². The Morgan fingerprint density at radius 1 is 1.43 bits per heavy atom. The molecule has 0 radical (unpaired) electrons. The van der Waals surface area contributed by atoms with Gasteiger partial charge in [0.25, 0.3) is 0 Å². The first-order valence-corrected chi connectivity index (χ1v) is 7.54. The highest BCUT2D eigenvalue weighted by Gasteiger charge is 2.31. The highest BCUT2D eigenvalue weighted by Crippen LogP contribution is 2.20. The number of ether oxygens (including phenoxy) is 1. The lowest BCUT2D eigenvalue weighted by Crippen LogP contribution is -2.53. The van der Waals surface area contributed by atoms with E-state index in [-0.39, 0.29) is 12.1 Å².